The number of benzene rings is 2. The Balaban J connectivity index is 1.12. The van der Waals surface area contributed by atoms with Crippen molar-refractivity contribution < 1.29 is 4.39 Å². The van der Waals surface area contributed by atoms with E-state index in [1.54, 1.807) is 12.1 Å². The number of hydrazine groups is 1. The SMILES string of the molecule is Fc1ccc(CCN2CCC(CN3C=C4c5ccccc5NN4CC3)CC2)cc1. The Morgan fingerprint density at radius 3 is 2.55 bits per heavy atom. The minimum Gasteiger partial charge on any atom is -0.373 e. The van der Waals surface area contributed by atoms with Crippen LogP contribution in [0.4, 0.5) is 10.1 Å². The molecule has 3 heterocycles. The largest absolute Gasteiger partial charge is 0.373 e. The summed E-state index contributed by atoms with van der Waals surface area (Å²) in [5.41, 5.74) is 8.57. The van der Waals surface area contributed by atoms with Crippen molar-refractivity contribution in [3.8, 4) is 0 Å². The number of nitrogens with zero attached hydrogens (tertiary/aromatic N) is 3. The topological polar surface area (TPSA) is 21.8 Å². The van der Waals surface area contributed by atoms with Crippen molar-refractivity contribution in [3.05, 3.63) is 71.7 Å². The highest BCUT2D eigenvalue weighted by Gasteiger charge is 2.28. The summed E-state index contributed by atoms with van der Waals surface area (Å²) in [6, 6.07) is 15.5. The summed E-state index contributed by atoms with van der Waals surface area (Å²) in [6.45, 7) is 6.68. The minimum absolute atomic E-state index is 0.151. The van der Waals surface area contributed by atoms with E-state index in [-0.39, 0.29) is 5.82 Å². The van der Waals surface area contributed by atoms with Gasteiger partial charge < -0.3 is 9.80 Å². The van der Waals surface area contributed by atoms with E-state index in [0.717, 1.165) is 38.5 Å². The van der Waals surface area contributed by atoms with E-state index in [9.17, 15) is 4.39 Å². The maximum Gasteiger partial charge on any atom is 0.123 e. The van der Waals surface area contributed by atoms with Crippen molar-refractivity contribution in [2.75, 3.05) is 44.7 Å². The van der Waals surface area contributed by atoms with Gasteiger partial charge in [0.2, 0.25) is 0 Å². The van der Waals surface area contributed by atoms with Crippen LogP contribution in [-0.2, 0) is 6.42 Å². The molecule has 0 radical (unpaired) electrons. The second-order valence-corrected chi connectivity index (χ2v) is 8.48. The maximum absolute atomic E-state index is 13.0. The van der Waals surface area contributed by atoms with Crippen LogP contribution in [0, 0.1) is 11.7 Å². The fourth-order valence-corrected chi connectivity index (χ4v) is 4.74. The summed E-state index contributed by atoms with van der Waals surface area (Å²) in [4.78, 5) is 5.09. The molecule has 0 unspecified atom stereocenters. The molecule has 0 spiro atoms. The van der Waals surface area contributed by atoms with Crippen molar-refractivity contribution in [2.24, 2.45) is 5.92 Å². The first kappa shape index (κ1) is 18.5. The maximum atomic E-state index is 13.0. The first-order valence-electron chi connectivity index (χ1n) is 10.8. The molecule has 152 valence electrons. The van der Waals surface area contributed by atoms with Gasteiger partial charge in [-0.3, -0.25) is 10.4 Å². The average Bonchev–Trinajstić information content (AvgIpc) is 3.12. The number of hydrogen-bond donors (Lipinski definition) is 1. The van der Waals surface area contributed by atoms with Gasteiger partial charge >= 0.3 is 0 Å². The van der Waals surface area contributed by atoms with Gasteiger partial charge in [0.05, 0.1) is 17.9 Å². The van der Waals surface area contributed by atoms with Crippen LogP contribution in [0.2, 0.25) is 0 Å². The lowest BCUT2D eigenvalue weighted by Crippen LogP contribution is -2.42. The number of anilines is 1. The normalized spacial score (nSPS) is 19.6. The number of halogens is 1. The van der Waals surface area contributed by atoms with Gasteiger partial charge in [0.15, 0.2) is 0 Å². The van der Waals surface area contributed by atoms with E-state index in [0.29, 0.717) is 0 Å². The Labute approximate surface area is 172 Å². The standard InChI is InChI=1S/C24H29FN4/c25-21-7-5-19(6-8-21)9-12-27-13-10-20(11-14-27)17-28-15-16-29-24(18-28)22-3-1-2-4-23(22)26-29/h1-8,18,20,26H,9-17H2. The van der Waals surface area contributed by atoms with E-state index in [1.165, 1.54) is 48.4 Å². The van der Waals surface area contributed by atoms with Gasteiger partial charge in [-0.1, -0.05) is 30.3 Å². The zero-order chi connectivity index (χ0) is 19.6. The Morgan fingerprint density at radius 1 is 0.931 bits per heavy atom. The molecule has 5 rings (SSSR count). The predicted molar refractivity (Wildman–Crippen MR) is 116 cm³/mol. The second kappa shape index (κ2) is 8.07. The van der Waals surface area contributed by atoms with E-state index in [1.807, 2.05) is 12.1 Å². The molecule has 3 aliphatic rings. The van der Waals surface area contributed by atoms with Crippen molar-refractivity contribution in [2.45, 2.75) is 19.3 Å². The second-order valence-electron chi connectivity index (χ2n) is 8.48. The number of nitrogens with one attached hydrogen (secondary N) is 1. The first-order chi connectivity index (χ1) is 14.2. The average molecular weight is 393 g/mol. The number of para-hydroxylation sites is 1. The van der Waals surface area contributed by atoms with E-state index in [4.69, 9.17) is 0 Å². The number of piperidine rings is 1. The molecule has 29 heavy (non-hydrogen) atoms. The van der Waals surface area contributed by atoms with Gasteiger partial charge in [-0.2, -0.15) is 0 Å². The van der Waals surface area contributed by atoms with Crippen molar-refractivity contribution in [1.29, 1.82) is 0 Å². The molecule has 1 saturated heterocycles. The molecule has 0 saturated carbocycles. The Bertz CT molecular complexity index is 871. The van der Waals surface area contributed by atoms with Gasteiger partial charge in [0.1, 0.15) is 5.82 Å². The van der Waals surface area contributed by atoms with Crippen LogP contribution in [0.5, 0.6) is 0 Å². The molecule has 1 N–H and O–H groups in total. The van der Waals surface area contributed by atoms with Crippen LogP contribution < -0.4 is 5.43 Å². The van der Waals surface area contributed by atoms with Crippen LogP contribution in [0.15, 0.2) is 54.7 Å². The molecular formula is C24H29FN4. The van der Waals surface area contributed by atoms with Gasteiger partial charge in [0.25, 0.3) is 0 Å². The first-order valence-corrected chi connectivity index (χ1v) is 10.8. The summed E-state index contributed by atoms with van der Waals surface area (Å²) < 4.78 is 13.0. The fraction of sp³-hybridized carbons (Fsp3) is 0.417. The number of rotatable bonds is 5. The number of likely N-dealkylation sites (tertiary alicyclic amines) is 1. The zero-order valence-electron chi connectivity index (χ0n) is 16.9. The molecule has 1 fully saturated rings. The number of fused-ring (bicyclic) bond motifs is 3. The van der Waals surface area contributed by atoms with Crippen LogP contribution in [0.25, 0.3) is 5.70 Å². The third-order valence-electron chi connectivity index (χ3n) is 6.49. The van der Waals surface area contributed by atoms with Gasteiger partial charge in [-0.15, -0.1) is 0 Å². The summed E-state index contributed by atoms with van der Waals surface area (Å²) in [7, 11) is 0. The molecule has 0 amide bonds. The van der Waals surface area contributed by atoms with Crippen molar-refractivity contribution in [3.63, 3.8) is 0 Å². The fourth-order valence-electron chi connectivity index (χ4n) is 4.74. The molecule has 2 aromatic rings. The molecule has 2 aromatic carbocycles. The van der Waals surface area contributed by atoms with Crippen molar-refractivity contribution >= 4 is 11.4 Å². The molecule has 0 aliphatic carbocycles. The third kappa shape index (κ3) is 4.10. The highest BCUT2D eigenvalue weighted by molar-refractivity contribution is 5.81. The number of hydrogen-bond acceptors (Lipinski definition) is 4. The summed E-state index contributed by atoms with van der Waals surface area (Å²) in [5.74, 6) is 0.618. The van der Waals surface area contributed by atoms with E-state index < -0.39 is 0 Å². The molecule has 5 heteroatoms. The lowest BCUT2D eigenvalue weighted by molar-refractivity contribution is 0.157. The Kier molecular flexibility index (Phi) is 5.15. The predicted octanol–water partition coefficient (Wildman–Crippen LogP) is 4.04. The van der Waals surface area contributed by atoms with Crippen LogP contribution in [0.1, 0.15) is 24.0 Å². The van der Waals surface area contributed by atoms with Gasteiger partial charge in [-0.05, 0) is 62.0 Å². The summed E-state index contributed by atoms with van der Waals surface area (Å²) in [6.07, 6.45) is 5.89. The Hall–Kier alpha value is -2.53. The minimum atomic E-state index is -0.151. The van der Waals surface area contributed by atoms with Crippen LogP contribution >= 0.6 is 0 Å². The molecule has 0 atom stereocenters. The molecule has 3 aliphatic heterocycles. The lowest BCUT2D eigenvalue weighted by atomic mass is 9.95. The van der Waals surface area contributed by atoms with Gasteiger partial charge in [-0.25, -0.2) is 4.39 Å². The lowest BCUT2D eigenvalue weighted by Gasteiger charge is -2.37. The highest BCUT2D eigenvalue weighted by Crippen LogP contribution is 2.36. The monoisotopic (exact) mass is 392 g/mol. The summed E-state index contributed by atoms with van der Waals surface area (Å²) >= 11 is 0. The van der Waals surface area contributed by atoms with Gasteiger partial charge in [0, 0.05) is 31.4 Å². The van der Waals surface area contributed by atoms with Crippen LogP contribution in [0.3, 0.4) is 0 Å². The molecule has 4 nitrogen and oxygen atoms in total. The van der Waals surface area contributed by atoms with E-state index in [2.05, 4.69) is 50.7 Å². The summed E-state index contributed by atoms with van der Waals surface area (Å²) in [5, 5.41) is 2.28. The zero-order valence-corrected chi connectivity index (χ0v) is 16.9. The highest BCUT2D eigenvalue weighted by atomic mass is 19.1. The quantitative estimate of drug-likeness (QED) is 0.829. The van der Waals surface area contributed by atoms with Crippen LogP contribution in [-0.4, -0.2) is 54.1 Å². The third-order valence-corrected chi connectivity index (χ3v) is 6.49. The smallest absolute Gasteiger partial charge is 0.123 e. The molecule has 0 bridgehead atoms. The molecular weight excluding hydrogens is 363 g/mol. The van der Waals surface area contributed by atoms with E-state index >= 15 is 0 Å². The van der Waals surface area contributed by atoms with Crippen molar-refractivity contribution in [1.82, 2.24) is 14.8 Å². The molecule has 0 aromatic heterocycles. The Morgan fingerprint density at radius 2 is 1.72 bits per heavy atom.